The molecule has 0 saturated carbocycles. The molecule has 0 bridgehead atoms. The van der Waals surface area contributed by atoms with Crippen LogP contribution in [-0.4, -0.2) is 43.0 Å². The first-order valence-corrected chi connectivity index (χ1v) is 12.2. The minimum absolute atomic E-state index is 0.0949. The first-order valence-electron chi connectivity index (χ1n) is 11.4. The van der Waals surface area contributed by atoms with Crippen molar-refractivity contribution in [2.24, 2.45) is 0 Å². The smallest absolute Gasteiger partial charge is 0.141 e. The molecule has 3 aliphatic rings. The molecule has 1 aliphatic carbocycles. The average Bonchev–Trinajstić information content (AvgIpc) is 3.19. The van der Waals surface area contributed by atoms with Gasteiger partial charge in [-0.3, -0.25) is 4.98 Å². The zero-order valence-electron chi connectivity index (χ0n) is 17.8. The quantitative estimate of drug-likeness (QED) is 0.660. The third-order valence-electron chi connectivity index (χ3n) is 7.49. The van der Waals surface area contributed by atoms with Crippen molar-refractivity contribution in [1.82, 2.24) is 10.3 Å². The first-order chi connectivity index (χ1) is 15.1. The first kappa shape index (κ1) is 21.5. The summed E-state index contributed by atoms with van der Waals surface area (Å²) >= 11 is 3.70. The predicted octanol–water partition coefficient (Wildman–Crippen LogP) is 4.73. The average molecular weight is 489 g/mol. The molecular formula is C25H30BrFN2O2. The van der Waals surface area contributed by atoms with Gasteiger partial charge in [0.15, 0.2) is 0 Å². The third kappa shape index (κ3) is 4.45. The number of nitrogens with one attached hydrogen (secondary N) is 1. The van der Waals surface area contributed by atoms with Gasteiger partial charge in [0.1, 0.15) is 5.82 Å². The molecule has 2 aromatic rings. The van der Waals surface area contributed by atoms with Crippen LogP contribution >= 0.6 is 15.9 Å². The van der Waals surface area contributed by atoms with Crippen LogP contribution in [0, 0.1) is 5.82 Å². The molecule has 2 atom stereocenters. The van der Waals surface area contributed by atoms with Crippen LogP contribution in [0.25, 0.3) is 0 Å². The zero-order chi connectivity index (χ0) is 21.3. The number of aromatic nitrogens is 1. The largest absolute Gasteiger partial charge is 0.381 e. The van der Waals surface area contributed by atoms with Crippen LogP contribution in [0.4, 0.5) is 4.39 Å². The van der Waals surface area contributed by atoms with E-state index in [1.54, 1.807) is 6.07 Å². The highest BCUT2D eigenvalue weighted by Crippen LogP contribution is 2.47. The SMILES string of the molecule is Fc1ccc([C@]2(CCN[C@@H]3Cc4cccc(Br)c4C3)CCOC3(CCOCC3)C2)nc1. The molecule has 6 heteroatoms. The standard InChI is InChI=1S/C25H30BrFN2O2/c26-22-3-1-2-18-14-20(15-21(18)22)28-10-6-24(23-5-4-19(27)16-29-23)7-13-31-25(17-24)8-11-30-12-9-25/h1-5,16,20,28H,6-15,17H2/t20-,24-/m1/s1. The van der Waals surface area contributed by atoms with E-state index < -0.39 is 0 Å². The number of nitrogens with zero attached hydrogens (tertiary/aromatic N) is 1. The fourth-order valence-electron chi connectivity index (χ4n) is 5.80. The summed E-state index contributed by atoms with van der Waals surface area (Å²) in [4.78, 5) is 4.55. The second kappa shape index (κ2) is 8.89. The molecule has 0 amide bonds. The molecule has 1 aromatic heterocycles. The van der Waals surface area contributed by atoms with Crippen LogP contribution in [0.3, 0.4) is 0 Å². The van der Waals surface area contributed by atoms with Crippen molar-refractivity contribution in [2.45, 2.75) is 62.0 Å². The second-order valence-electron chi connectivity index (χ2n) is 9.40. The lowest BCUT2D eigenvalue weighted by Gasteiger charge is -2.49. The highest BCUT2D eigenvalue weighted by molar-refractivity contribution is 9.10. The van der Waals surface area contributed by atoms with Gasteiger partial charge in [0, 0.05) is 41.4 Å². The monoisotopic (exact) mass is 488 g/mol. The molecule has 1 aromatic carbocycles. The van der Waals surface area contributed by atoms with Gasteiger partial charge in [-0.2, -0.15) is 0 Å². The molecule has 1 spiro atoms. The Hall–Kier alpha value is -1.34. The molecule has 166 valence electrons. The summed E-state index contributed by atoms with van der Waals surface area (Å²) in [5, 5.41) is 3.81. The van der Waals surface area contributed by atoms with Crippen molar-refractivity contribution in [3.8, 4) is 0 Å². The van der Waals surface area contributed by atoms with Crippen molar-refractivity contribution < 1.29 is 13.9 Å². The van der Waals surface area contributed by atoms with E-state index in [-0.39, 0.29) is 16.8 Å². The summed E-state index contributed by atoms with van der Waals surface area (Å²) in [7, 11) is 0. The van der Waals surface area contributed by atoms with Crippen LogP contribution in [0.2, 0.25) is 0 Å². The highest BCUT2D eigenvalue weighted by atomic mass is 79.9. The summed E-state index contributed by atoms with van der Waals surface area (Å²) < 4.78 is 26.8. The highest BCUT2D eigenvalue weighted by Gasteiger charge is 2.48. The molecule has 31 heavy (non-hydrogen) atoms. The van der Waals surface area contributed by atoms with Crippen LogP contribution in [0.1, 0.15) is 48.9 Å². The summed E-state index contributed by atoms with van der Waals surface area (Å²) in [5.74, 6) is -0.279. The minimum atomic E-state index is -0.279. The van der Waals surface area contributed by atoms with Crippen molar-refractivity contribution >= 4 is 15.9 Å². The predicted molar refractivity (Wildman–Crippen MR) is 122 cm³/mol. The molecule has 1 N–H and O–H groups in total. The van der Waals surface area contributed by atoms with E-state index in [4.69, 9.17) is 9.47 Å². The maximum atomic E-state index is 13.6. The van der Waals surface area contributed by atoms with Gasteiger partial charge in [-0.25, -0.2) is 4.39 Å². The van der Waals surface area contributed by atoms with Crippen LogP contribution in [0.5, 0.6) is 0 Å². The molecule has 5 rings (SSSR count). The Kier molecular flexibility index (Phi) is 6.17. The Labute approximate surface area is 192 Å². The summed E-state index contributed by atoms with van der Waals surface area (Å²) in [6.07, 6.45) is 8.18. The molecule has 2 saturated heterocycles. The van der Waals surface area contributed by atoms with Crippen LogP contribution in [0.15, 0.2) is 41.0 Å². The number of hydrogen-bond acceptors (Lipinski definition) is 4. The Balaban J connectivity index is 1.31. The Bertz CT molecular complexity index is 911. The van der Waals surface area contributed by atoms with Gasteiger partial charge in [0.2, 0.25) is 0 Å². The number of benzene rings is 1. The Morgan fingerprint density at radius 3 is 2.74 bits per heavy atom. The summed E-state index contributed by atoms with van der Waals surface area (Å²) in [6.45, 7) is 3.14. The van der Waals surface area contributed by atoms with E-state index in [1.165, 1.54) is 21.8 Å². The maximum Gasteiger partial charge on any atom is 0.141 e. The van der Waals surface area contributed by atoms with E-state index in [1.807, 2.05) is 6.07 Å². The molecule has 3 heterocycles. The van der Waals surface area contributed by atoms with Gasteiger partial charge in [-0.1, -0.05) is 28.1 Å². The van der Waals surface area contributed by atoms with Gasteiger partial charge in [-0.05, 0) is 80.8 Å². The number of rotatable bonds is 5. The van der Waals surface area contributed by atoms with Crippen molar-refractivity contribution in [3.05, 3.63) is 63.6 Å². The summed E-state index contributed by atoms with van der Waals surface area (Å²) in [6, 6.07) is 10.4. The number of halogens is 2. The van der Waals surface area contributed by atoms with E-state index in [0.717, 1.165) is 77.0 Å². The topological polar surface area (TPSA) is 43.4 Å². The molecule has 0 unspecified atom stereocenters. The lowest BCUT2D eigenvalue weighted by atomic mass is 9.66. The summed E-state index contributed by atoms with van der Waals surface area (Å²) in [5.41, 5.74) is 3.64. The van der Waals surface area contributed by atoms with E-state index in [9.17, 15) is 4.39 Å². The van der Waals surface area contributed by atoms with Gasteiger partial charge < -0.3 is 14.8 Å². The van der Waals surface area contributed by atoms with Gasteiger partial charge in [0.25, 0.3) is 0 Å². The fraction of sp³-hybridized carbons (Fsp3) is 0.560. The lowest BCUT2D eigenvalue weighted by molar-refractivity contribution is -0.154. The van der Waals surface area contributed by atoms with Crippen molar-refractivity contribution in [2.75, 3.05) is 26.4 Å². The normalized spacial score (nSPS) is 27.4. The van der Waals surface area contributed by atoms with Crippen molar-refractivity contribution in [1.29, 1.82) is 0 Å². The Morgan fingerprint density at radius 1 is 1.10 bits per heavy atom. The lowest BCUT2D eigenvalue weighted by Crippen LogP contribution is -2.51. The fourth-order valence-corrected chi connectivity index (χ4v) is 6.37. The zero-order valence-corrected chi connectivity index (χ0v) is 19.4. The van der Waals surface area contributed by atoms with Crippen molar-refractivity contribution in [3.63, 3.8) is 0 Å². The van der Waals surface area contributed by atoms with Gasteiger partial charge in [-0.15, -0.1) is 0 Å². The molecule has 2 aliphatic heterocycles. The number of fused-ring (bicyclic) bond motifs is 1. The van der Waals surface area contributed by atoms with Crippen LogP contribution in [-0.2, 0) is 27.7 Å². The second-order valence-corrected chi connectivity index (χ2v) is 10.3. The number of hydrogen-bond donors (Lipinski definition) is 1. The molecule has 0 radical (unpaired) electrons. The minimum Gasteiger partial charge on any atom is -0.381 e. The number of pyridine rings is 1. The molecule has 4 nitrogen and oxygen atoms in total. The Morgan fingerprint density at radius 2 is 1.97 bits per heavy atom. The van der Waals surface area contributed by atoms with Gasteiger partial charge >= 0.3 is 0 Å². The number of ether oxygens (including phenoxy) is 2. The maximum absolute atomic E-state index is 13.6. The van der Waals surface area contributed by atoms with Gasteiger partial charge in [0.05, 0.1) is 11.8 Å². The van der Waals surface area contributed by atoms with E-state index >= 15 is 0 Å². The van der Waals surface area contributed by atoms with Crippen LogP contribution < -0.4 is 5.32 Å². The van der Waals surface area contributed by atoms with E-state index in [0.29, 0.717) is 6.04 Å². The third-order valence-corrected chi connectivity index (χ3v) is 8.24. The van der Waals surface area contributed by atoms with E-state index in [2.05, 4.69) is 44.4 Å². The molecule has 2 fully saturated rings. The molecular weight excluding hydrogens is 459 g/mol.